The van der Waals surface area contributed by atoms with Crippen LogP contribution < -0.4 is 5.73 Å². The Kier molecular flexibility index (Phi) is 1.76. The lowest BCUT2D eigenvalue weighted by Crippen LogP contribution is -2.34. The quantitative estimate of drug-likeness (QED) is 0.609. The Labute approximate surface area is 74.1 Å². The predicted octanol–water partition coefficient (Wildman–Crippen LogP) is -0.102. The van der Waals surface area contributed by atoms with Gasteiger partial charge in [0.1, 0.15) is 0 Å². The molecule has 0 aromatic heterocycles. The molecule has 2 N–H and O–H groups in total. The third kappa shape index (κ3) is 1.28. The lowest BCUT2D eigenvalue weighted by atomic mass is 10.2. The molecule has 0 fully saturated rings. The molecule has 0 aromatic carbocycles. The van der Waals surface area contributed by atoms with Crippen molar-refractivity contribution >= 4 is 17.7 Å². The van der Waals surface area contributed by atoms with Crippen molar-refractivity contribution < 1.29 is 4.74 Å². The molecule has 0 bridgehead atoms. The van der Waals surface area contributed by atoms with E-state index in [2.05, 4.69) is 25.4 Å². The zero-order valence-electron chi connectivity index (χ0n) is 7.01. The molecule has 0 aliphatic carbocycles. The summed E-state index contributed by atoms with van der Waals surface area (Å²) >= 11 is 0. The molecule has 0 saturated heterocycles. The standard InChI is InChI=1S/C6H8N6O/c1-2-13-5-3-4(11-12-10-3)8-6(7)9-5/h3H,2H2,1H3,(H2,7,8,10,11). The highest BCUT2D eigenvalue weighted by Gasteiger charge is 2.31. The summed E-state index contributed by atoms with van der Waals surface area (Å²) < 4.78 is 5.22. The van der Waals surface area contributed by atoms with Crippen LogP contribution in [0.4, 0.5) is 0 Å². The fraction of sp³-hybridized carbons (Fsp3) is 0.500. The number of rotatable bonds is 1. The van der Waals surface area contributed by atoms with Gasteiger partial charge in [0, 0.05) is 0 Å². The van der Waals surface area contributed by atoms with E-state index in [-0.39, 0.29) is 5.96 Å². The van der Waals surface area contributed by atoms with Gasteiger partial charge in [-0.15, -0.1) is 10.2 Å². The van der Waals surface area contributed by atoms with Gasteiger partial charge >= 0.3 is 0 Å². The highest BCUT2D eigenvalue weighted by Crippen LogP contribution is 2.13. The van der Waals surface area contributed by atoms with E-state index in [1.165, 1.54) is 0 Å². The lowest BCUT2D eigenvalue weighted by molar-refractivity contribution is 0.317. The lowest BCUT2D eigenvalue weighted by Gasteiger charge is -2.13. The number of nitrogens with zero attached hydrogens (tertiary/aromatic N) is 5. The highest BCUT2D eigenvalue weighted by molar-refractivity contribution is 6.17. The van der Waals surface area contributed by atoms with Crippen LogP contribution in [0.25, 0.3) is 0 Å². The summed E-state index contributed by atoms with van der Waals surface area (Å²) in [6.45, 7) is 2.36. The fourth-order valence-corrected chi connectivity index (χ4v) is 1.05. The van der Waals surface area contributed by atoms with E-state index >= 15 is 0 Å². The molecular weight excluding hydrogens is 172 g/mol. The van der Waals surface area contributed by atoms with Gasteiger partial charge in [0.2, 0.25) is 17.9 Å². The number of aliphatic imine (C=N–C) groups is 2. The molecule has 68 valence electrons. The molecule has 2 heterocycles. The van der Waals surface area contributed by atoms with Crippen LogP contribution in [0.3, 0.4) is 0 Å². The minimum Gasteiger partial charge on any atom is -0.479 e. The summed E-state index contributed by atoms with van der Waals surface area (Å²) in [5, 5.41) is 11.0. The van der Waals surface area contributed by atoms with Crippen LogP contribution in [0.2, 0.25) is 0 Å². The summed E-state index contributed by atoms with van der Waals surface area (Å²) in [7, 11) is 0. The van der Waals surface area contributed by atoms with Crippen LogP contribution in [0, 0.1) is 0 Å². The Hall–Kier alpha value is -1.79. The summed E-state index contributed by atoms with van der Waals surface area (Å²) in [6, 6.07) is -0.396. The first kappa shape index (κ1) is 7.84. The smallest absolute Gasteiger partial charge is 0.227 e. The first-order chi connectivity index (χ1) is 6.31. The van der Waals surface area contributed by atoms with Gasteiger partial charge in [0.25, 0.3) is 0 Å². The second-order valence-electron chi connectivity index (χ2n) is 2.42. The molecule has 7 nitrogen and oxygen atoms in total. The second kappa shape index (κ2) is 2.92. The maximum absolute atomic E-state index is 5.43. The molecule has 1 atom stereocenters. The predicted molar refractivity (Wildman–Crippen MR) is 46.8 cm³/mol. The monoisotopic (exact) mass is 180 g/mol. The van der Waals surface area contributed by atoms with Crippen molar-refractivity contribution in [3.8, 4) is 0 Å². The Balaban J connectivity index is 2.30. The van der Waals surface area contributed by atoms with Gasteiger partial charge in [-0.3, -0.25) is 0 Å². The van der Waals surface area contributed by atoms with Crippen molar-refractivity contribution in [2.45, 2.75) is 13.0 Å². The molecule has 2 aliphatic heterocycles. The number of hydrogen-bond donors (Lipinski definition) is 1. The van der Waals surface area contributed by atoms with Gasteiger partial charge in [-0.1, -0.05) is 0 Å². The van der Waals surface area contributed by atoms with E-state index in [1.807, 2.05) is 6.92 Å². The Morgan fingerprint density at radius 2 is 2.31 bits per heavy atom. The van der Waals surface area contributed by atoms with E-state index in [0.29, 0.717) is 18.3 Å². The maximum atomic E-state index is 5.43. The van der Waals surface area contributed by atoms with Crippen LogP contribution in [0.5, 0.6) is 0 Å². The van der Waals surface area contributed by atoms with Crippen LogP contribution in [0.15, 0.2) is 25.4 Å². The highest BCUT2D eigenvalue weighted by atomic mass is 16.5. The Morgan fingerprint density at radius 1 is 1.46 bits per heavy atom. The minimum atomic E-state index is -0.396. The molecule has 0 radical (unpaired) electrons. The van der Waals surface area contributed by atoms with Gasteiger partial charge in [0.15, 0.2) is 5.84 Å². The SMILES string of the molecule is CCOC1=NC(N)=NC2=NN=NC21. The van der Waals surface area contributed by atoms with Gasteiger partial charge in [0.05, 0.1) is 6.61 Å². The van der Waals surface area contributed by atoms with E-state index < -0.39 is 6.04 Å². The number of amidine groups is 1. The maximum Gasteiger partial charge on any atom is 0.227 e. The van der Waals surface area contributed by atoms with Crippen molar-refractivity contribution in [3.05, 3.63) is 0 Å². The van der Waals surface area contributed by atoms with Crippen LogP contribution in [-0.4, -0.2) is 30.3 Å². The fourth-order valence-electron chi connectivity index (χ4n) is 1.05. The second-order valence-corrected chi connectivity index (χ2v) is 2.42. The van der Waals surface area contributed by atoms with Crippen molar-refractivity contribution in [3.63, 3.8) is 0 Å². The zero-order chi connectivity index (χ0) is 9.26. The molecular formula is C6H8N6O. The van der Waals surface area contributed by atoms with Crippen LogP contribution in [-0.2, 0) is 4.74 Å². The van der Waals surface area contributed by atoms with Gasteiger partial charge in [-0.05, 0) is 12.1 Å². The minimum absolute atomic E-state index is 0.130. The van der Waals surface area contributed by atoms with E-state index in [1.54, 1.807) is 0 Å². The first-order valence-electron chi connectivity index (χ1n) is 3.84. The van der Waals surface area contributed by atoms with E-state index in [0.717, 1.165) is 0 Å². The molecule has 1 unspecified atom stereocenters. The molecule has 2 aliphatic rings. The van der Waals surface area contributed by atoms with Crippen LogP contribution >= 0.6 is 0 Å². The first-order valence-corrected chi connectivity index (χ1v) is 3.84. The van der Waals surface area contributed by atoms with Crippen molar-refractivity contribution in [2.75, 3.05) is 6.61 Å². The molecule has 0 saturated carbocycles. The number of hydrogen-bond acceptors (Lipinski definition) is 7. The van der Waals surface area contributed by atoms with E-state index in [9.17, 15) is 0 Å². The molecule has 0 aromatic rings. The number of fused-ring (bicyclic) bond motifs is 1. The number of guanidine groups is 1. The average molecular weight is 180 g/mol. The van der Waals surface area contributed by atoms with Gasteiger partial charge in [-0.2, -0.15) is 9.98 Å². The van der Waals surface area contributed by atoms with E-state index in [4.69, 9.17) is 10.5 Å². The number of ether oxygens (including phenoxy) is 1. The van der Waals surface area contributed by atoms with Gasteiger partial charge in [-0.25, -0.2) is 0 Å². The molecule has 0 spiro atoms. The average Bonchev–Trinajstić information content (AvgIpc) is 2.52. The number of nitrogens with two attached hydrogens (primary N) is 1. The molecule has 2 rings (SSSR count). The Bertz CT molecular complexity index is 341. The van der Waals surface area contributed by atoms with Crippen molar-refractivity contribution in [2.24, 2.45) is 31.2 Å². The van der Waals surface area contributed by atoms with Crippen molar-refractivity contribution in [1.29, 1.82) is 0 Å². The largest absolute Gasteiger partial charge is 0.479 e. The molecule has 0 amide bonds. The van der Waals surface area contributed by atoms with Crippen molar-refractivity contribution in [1.82, 2.24) is 0 Å². The normalized spacial score (nSPS) is 24.7. The summed E-state index contributed by atoms with van der Waals surface area (Å²) in [4.78, 5) is 7.77. The third-order valence-electron chi connectivity index (χ3n) is 1.54. The molecule has 7 heteroatoms. The summed E-state index contributed by atoms with van der Waals surface area (Å²) in [5.74, 6) is 0.983. The summed E-state index contributed by atoms with van der Waals surface area (Å²) in [5.41, 5.74) is 5.43. The van der Waals surface area contributed by atoms with Gasteiger partial charge < -0.3 is 10.5 Å². The third-order valence-corrected chi connectivity index (χ3v) is 1.54. The topological polar surface area (TPSA) is 97.0 Å². The Morgan fingerprint density at radius 3 is 3.08 bits per heavy atom. The molecule has 13 heavy (non-hydrogen) atoms. The van der Waals surface area contributed by atoms with Crippen LogP contribution in [0.1, 0.15) is 6.92 Å². The zero-order valence-corrected chi connectivity index (χ0v) is 7.01. The summed E-state index contributed by atoms with van der Waals surface area (Å²) in [6.07, 6.45) is 0.